The van der Waals surface area contributed by atoms with E-state index in [1.165, 1.54) is 6.07 Å². The van der Waals surface area contributed by atoms with Crippen LogP contribution in [-0.4, -0.2) is 5.78 Å². The standard InChI is InChI=1S/C15H21FO/c1-10-6-7-12(8-13(10)16)14(17)11(2)9-15(3,4)5/h6-8,11H,9H2,1-5H3. The zero-order valence-electron chi connectivity index (χ0n) is 11.3. The van der Waals surface area contributed by atoms with E-state index in [0.717, 1.165) is 6.42 Å². The molecule has 1 atom stereocenters. The van der Waals surface area contributed by atoms with Gasteiger partial charge in [-0.25, -0.2) is 4.39 Å². The highest BCUT2D eigenvalue weighted by molar-refractivity contribution is 5.97. The van der Waals surface area contributed by atoms with Gasteiger partial charge in [0.15, 0.2) is 5.78 Å². The Morgan fingerprint density at radius 1 is 1.35 bits per heavy atom. The van der Waals surface area contributed by atoms with Crippen LogP contribution in [0.2, 0.25) is 0 Å². The molecule has 1 aromatic carbocycles. The normalized spacial score (nSPS) is 13.5. The van der Waals surface area contributed by atoms with Gasteiger partial charge in [0.25, 0.3) is 0 Å². The number of ketones is 1. The first-order valence-corrected chi connectivity index (χ1v) is 6.01. The third-order valence-electron chi connectivity index (χ3n) is 2.82. The first-order valence-electron chi connectivity index (χ1n) is 6.01. The van der Waals surface area contributed by atoms with Crippen LogP contribution in [0.5, 0.6) is 0 Å². The molecule has 0 heterocycles. The molecule has 0 aliphatic heterocycles. The average molecular weight is 236 g/mol. The zero-order chi connectivity index (χ0) is 13.2. The van der Waals surface area contributed by atoms with Crippen molar-refractivity contribution in [1.82, 2.24) is 0 Å². The number of hydrogen-bond donors (Lipinski definition) is 0. The topological polar surface area (TPSA) is 17.1 Å². The van der Waals surface area contributed by atoms with Gasteiger partial charge in [-0.3, -0.25) is 4.79 Å². The Balaban J connectivity index is 2.85. The van der Waals surface area contributed by atoms with E-state index in [0.29, 0.717) is 11.1 Å². The lowest BCUT2D eigenvalue weighted by molar-refractivity contribution is 0.0897. The summed E-state index contributed by atoms with van der Waals surface area (Å²) in [4.78, 5) is 12.1. The lowest BCUT2D eigenvalue weighted by Crippen LogP contribution is -2.19. The number of rotatable bonds is 3. The molecular weight excluding hydrogens is 215 g/mol. The van der Waals surface area contributed by atoms with Gasteiger partial charge in [-0.2, -0.15) is 0 Å². The second-order valence-electron chi connectivity index (χ2n) is 5.99. The molecule has 0 saturated heterocycles. The largest absolute Gasteiger partial charge is 0.294 e. The summed E-state index contributed by atoms with van der Waals surface area (Å²) in [6, 6.07) is 4.71. The minimum atomic E-state index is -0.307. The fraction of sp³-hybridized carbons (Fsp3) is 0.533. The van der Waals surface area contributed by atoms with Crippen LogP contribution in [-0.2, 0) is 0 Å². The maximum Gasteiger partial charge on any atom is 0.165 e. The van der Waals surface area contributed by atoms with Crippen molar-refractivity contribution in [1.29, 1.82) is 0 Å². The van der Waals surface area contributed by atoms with Gasteiger partial charge in [0.2, 0.25) is 0 Å². The van der Waals surface area contributed by atoms with Crippen LogP contribution in [0.1, 0.15) is 50.0 Å². The van der Waals surface area contributed by atoms with E-state index in [-0.39, 0.29) is 22.9 Å². The van der Waals surface area contributed by atoms with E-state index < -0.39 is 0 Å². The fourth-order valence-corrected chi connectivity index (χ4v) is 2.04. The number of benzene rings is 1. The van der Waals surface area contributed by atoms with Gasteiger partial charge >= 0.3 is 0 Å². The predicted molar refractivity (Wildman–Crippen MR) is 68.7 cm³/mol. The second kappa shape index (κ2) is 4.99. The Kier molecular flexibility index (Phi) is 4.07. The van der Waals surface area contributed by atoms with Crippen LogP contribution >= 0.6 is 0 Å². The lowest BCUT2D eigenvalue weighted by atomic mass is 9.82. The summed E-state index contributed by atoms with van der Waals surface area (Å²) < 4.78 is 13.4. The molecule has 0 aliphatic carbocycles. The molecule has 0 saturated carbocycles. The van der Waals surface area contributed by atoms with Crippen LogP contribution in [0.3, 0.4) is 0 Å². The van der Waals surface area contributed by atoms with E-state index in [2.05, 4.69) is 20.8 Å². The van der Waals surface area contributed by atoms with Gasteiger partial charge in [-0.1, -0.05) is 39.8 Å². The molecule has 0 radical (unpaired) electrons. The van der Waals surface area contributed by atoms with Gasteiger partial charge in [-0.05, 0) is 30.4 Å². The minimum absolute atomic E-state index is 0.0267. The monoisotopic (exact) mass is 236 g/mol. The molecule has 0 amide bonds. The molecule has 94 valence electrons. The SMILES string of the molecule is Cc1ccc(C(=O)C(C)CC(C)(C)C)cc1F. The van der Waals surface area contributed by atoms with Crippen molar-refractivity contribution >= 4 is 5.78 Å². The predicted octanol–water partition coefficient (Wildman–Crippen LogP) is 4.39. The summed E-state index contributed by atoms with van der Waals surface area (Å²) in [5, 5.41) is 0. The summed E-state index contributed by atoms with van der Waals surface area (Å²) in [6.45, 7) is 9.92. The summed E-state index contributed by atoms with van der Waals surface area (Å²) in [6.07, 6.45) is 0.807. The summed E-state index contributed by atoms with van der Waals surface area (Å²) >= 11 is 0. The van der Waals surface area contributed by atoms with Crippen LogP contribution in [0.25, 0.3) is 0 Å². The van der Waals surface area contributed by atoms with Crippen molar-refractivity contribution in [3.63, 3.8) is 0 Å². The second-order valence-corrected chi connectivity index (χ2v) is 5.99. The summed E-state index contributed by atoms with van der Waals surface area (Å²) in [5.41, 5.74) is 1.16. The third-order valence-corrected chi connectivity index (χ3v) is 2.82. The third kappa shape index (κ3) is 3.95. The van der Waals surface area contributed by atoms with Crippen LogP contribution in [0.15, 0.2) is 18.2 Å². The molecule has 0 bridgehead atoms. The maximum absolute atomic E-state index is 13.4. The molecule has 0 spiro atoms. The number of Topliss-reactive ketones (excluding diaryl/α,β-unsaturated/α-hetero) is 1. The molecule has 0 fully saturated rings. The number of hydrogen-bond acceptors (Lipinski definition) is 1. The fourth-order valence-electron chi connectivity index (χ4n) is 2.04. The highest BCUT2D eigenvalue weighted by Gasteiger charge is 2.22. The van der Waals surface area contributed by atoms with E-state index in [1.807, 2.05) is 6.92 Å². The van der Waals surface area contributed by atoms with Crippen LogP contribution in [0.4, 0.5) is 4.39 Å². The Bertz CT molecular complexity index is 415. The minimum Gasteiger partial charge on any atom is -0.294 e. The number of halogens is 1. The molecule has 2 heteroatoms. The Hall–Kier alpha value is -1.18. The molecule has 1 rings (SSSR count). The molecule has 0 aliphatic rings. The first kappa shape index (κ1) is 13.9. The molecule has 1 aromatic rings. The maximum atomic E-state index is 13.4. The smallest absolute Gasteiger partial charge is 0.165 e. The highest BCUT2D eigenvalue weighted by atomic mass is 19.1. The number of carbonyl (C=O) groups is 1. The molecule has 0 aromatic heterocycles. The zero-order valence-corrected chi connectivity index (χ0v) is 11.3. The van der Waals surface area contributed by atoms with E-state index in [1.54, 1.807) is 19.1 Å². The lowest BCUT2D eigenvalue weighted by Gasteiger charge is -2.22. The van der Waals surface area contributed by atoms with Gasteiger partial charge < -0.3 is 0 Å². The van der Waals surface area contributed by atoms with Crippen molar-refractivity contribution in [2.24, 2.45) is 11.3 Å². The summed E-state index contributed by atoms with van der Waals surface area (Å²) in [5.74, 6) is -0.352. The van der Waals surface area contributed by atoms with Crippen molar-refractivity contribution in [2.75, 3.05) is 0 Å². The van der Waals surface area contributed by atoms with Crippen molar-refractivity contribution < 1.29 is 9.18 Å². The highest BCUT2D eigenvalue weighted by Crippen LogP contribution is 2.26. The van der Waals surface area contributed by atoms with Crippen molar-refractivity contribution in [3.8, 4) is 0 Å². The Morgan fingerprint density at radius 3 is 2.41 bits per heavy atom. The molecule has 1 unspecified atom stereocenters. The van der Waals surface area contributed by atoms with Gasteiger partial charge in [0.05, 0.1) is 0 Å². The van der Waals surface area contributed by atoms with E-state index >= 15 is 0 Å². The molecular formula is C15H21FO. The van der Waals surface area contributed by atoms with Gasteiger partial charge in [-0.15, -0.1) is 0 Å². The number of carbonyl (C=O) groups excluding carboxylic acids is 1. The number of aryl methyl sites for hydroxylation is 1. The molecule has 17 heavy (non-hydrogen) atoms. The average Bonchev–Trinajstić information content (AvgIpc) is 2.18. The quantitative estimate of drug-likeness (QED) is 0.711. The Morgan fingerprint density at radius 2 is 1.94 bits per heavy atom. The van der Waals surface area contributed by atoms with Crippen LogP contribution in [0, 0.1) is 24.1 Å². The van der Waals surface area contributed by atoms with Crippen molar-refractivity contribution in [2.45, 2.75) is 41.0 Å². The van der Waals surface area contributed by atoms with E-state index in [9.17, 15) is 9.18 Å². The van der Waals surface area contributed by atoms with Gasteiger partial charge in [0.1, 0.15) is 5.82 Å². The molecule has 0 N–H and O–H groups in total. The van der Waals surface area contributed by atoms with Gasteiger partial charge in [0, 0.05) is 11.5 Å². The first-order chi connectivity index (χ1) is 7.70. The molecule has 1 nitrogen and oxygen atoms in total. The Labute approximate surface area is 103 Å². The van der Waals surface area contributed by atoms with Crippen LogP contribution < -0.4 is 0 Å². The van der Waals surface area contributed by atoms with Crippen molar-refractivity contribution in [3.05, 3.63) is 35.1 Å². The van der Waals surface area contributed by atoms with E-state index in [4.69, 9.17) is 0 Å². The summed E-state index contributed by atoms with van der Waals surface area (Å²) in [7, 11) is 0.